The molecule has 0 fully saturated rings. The molecule has 7 nitrogen and oxygen atoms in total. The Hall–Kier alpha value is -3.61. The normalized spacial score (nSPS) is 11.0. The summed E-state index contributed by atoms with van der Waals surface area (Å²) in [5, 5.41) is 14.7. The molecule has 2 N–H and O–H groups in total. The van der Waals surface area contributed by atoms with E-state index in [0.29, 0.717) is 18.5 Å². The van der Waals surface area contributed by atoms with Gasteiger partial charge in [0.1, 0.15) is 5.75 Å². The lowest BCUT2D eigenvalue weighted by atomic mass is 10.1. The molecule has 0 bridgehead atoms. The minimum absolute atomic E-state index is 0.00600. The molecule has 2 aromatic carbocycles. The predicted molar refractivity (Wildman–Crippen MR) is 104 cm³/mol. The Kier molecular flexibility index (Phi) is 5.51. The van der Waals surface area contributed by atoms with E-state index >= 15 is 0 Å². The number of aromatic amines is 1. The van der Waals surface area contributed by atoms with Gasteiger partial charge in [-0.3, -0.25) is 14.9 Å². The number of H-pyrrole nitrogens is 1. The summed E-state index contributed by atoms with van der Waals surface area (Å²) in [5.74, 6) is 0.540. The molecular weight excluding hydrogens is 346 g/mol. The van der Waals surface area contributed by atoms with Gasteiger partial charge in [0.25, 0.3) is 5.69 Å². The number of aromatic nitrogens is 1. The lowest BCUT2D eigenvalue weighted by Gasteiger charge is -2.03. The van der Waals surface area contributed by atoms with Crippen LogP contribution in [0.25, 0.3) is 17.0 Å². The van der Waals surface area contributed by atoms with Crippen LogP contribution in [0.15, 0.2) is 54.7 Å². The molecule has 1 amide bonds. The zero-order chi connectivity index (χ0) is 19.2. The van der Waals surface area contributed by atoms with Gasteiger partial charge in [0, 0.05) is 47.9 Å². The zero-order valence-corrected chi connectivity index (χ0v) is 14.8. The summed E-state index contributed by atoms with van der Waals surface area (Å²) in [7, 11) is 1.63. The van der Waals surface area contributed by atoms with Crippen LogP contribution in [0.3, 0.4) is 0 Å². The number of amides is 1. The number of rotatable bonds is 7. The quantitative estimate of drug-likeness (QED) is 0.381. The Morgan fingerprint density at radius 2 is 2.15 bits per heavy atom. The van der Waals surface area contributed by atoms with E-state index in [9.17, 15) is 14.9 Å². The number of benzene rings is 2. The second-order valence-electron chi connectivity index (χ2n) is 5.95. The van der Waals surface area contributed by atoms with Gasteiger partial charge in [-0.1, -0.05) is 12.1 Å². The van der Waals surface area contributed by atoms with Crippen molar-refractivity contribution in [2.45, 2.75) is 6.42 Å². The predicted octanol–water partition coefficient (Wildman–Crippen LogP) is 3.46. The summed E-state index contributed by atoms with van der Waals surface area (Å²) in [6.07, 6.45) is 5.54. The first-order chi connectivity index (χ1) is 13.1. The molecule has 138 valence electrons. The van der Waals surface area contributed by atoms with Crippen molar-refractivity contribution in [3.05, 3.63) is 76.0 Å². The fraction of sp³-hybridized carbons (Fsp3) is 0.150. The van der Waals surface area contributed by atoms with Crippen molar-refractivity contribution in [3.8, 4) is 5.75 Å². The average molecular weight is 365 g/mol. The molecule has 0 saturated heterocycles. The van der Waals surface area contributed by atoms with Crippen molar-refractivity contribution in [1.29, 1.82) is 0 Å². The van der Waals surface area contributed by atoms with Crippen molar-refractivity contribution in [1.82, 2.24) is 10.3 Å². The van der Waals surface area contributed by atoms with Crippen LogP contribution in [0, 0.1) is 10.1 Å². The molecule has 0 aliphatic carbocycles. The third kappa shape index (κ3) is 4.52. The lowest BCUT2D eigenvalue weighted by Crippen LogP contribution is -2.23. The van der Waals surface area contributed by atoms with Crippen LogP contribution in [-0.2, 0) is 11.2 Å². The Morgan fingerprint density at radius 1 is 1.30 bits per heavy atom. The lowest BCUT2D eigenvalue weighted by molar-refractivity contribution is -0.384. The number of ether oxygens (including phenoxy) is 1. The Labute approximate surface area is 155 Å². The van der Waals surface area contributed by atoms with Crippen LogP contribution in [0.4, 0.5) is 5.69 Å². The summed E-state index contributed by atoms with van der Waals surface area (Å²) < 4.78 is 5.21. The number of fused-ring (bicyclic) bond motifs is 1. The number of carbonyl (C=O) groups excluding carboxylic acids is 1. The first-order valence-corrected chi connectivity index (χ1v) is 8.41. The molecule has 0 spiro atoms. The van der Waals surface area contributed by atoms with Crippen molar-refractivity contribution in [2.75, 3.05) is 13.7 Å². The number of hydrogen-bond donors (Lipinski definition) is 2. The highest BCUT2D eigenvalue weighted by molar-refractivity contribution is 5.91. The van der Waals surface area contributed by atoms with E-state index in [4.69, 9.17) is 4.74 Å². The average Bonchev–Trinajstić information content (AvgIpc) is 3.08. The molecule has 1 aromatic heterocycles. The zero-order valence-electron chi connectivity index (χ0n) is 14.8. The Balaban J connectivity index is 1.55. The molecule has 7 heteroatoms. The number of hydrogen-bond acceptors (Lipinski definition) is 4. The summed E-state index contributed by atoms with van der Waals surface area (Å²) in [5.41, 5.74) is 2.69. The first kappa shape index (κ1) is 18.2. The molecule has 3 aromatic rings. The van der Waals surface area contributed by atoms with Crippen LogP contribution in [-0.4, -0.2) is 29.5 Å². The standard InChI is InChI=1S/C20H19N3O4/c1-27-17-6-7-18-15(13-22-19(18)12-17)9-10-21-20(24)8-5-14-3-2-4-16(11-14)23(25)26/h2-8,11-13,22H,9-10H2,1H3,(H,21,24). The van der Waals surface area contributed by atoms with Crippen molar-refractivity contribution in [2.24, 2.45) is 0 Å². The van der Waals surface area contributed by atoms with Gasteiger partial charge in [0.15, 0.2) is 0 Å². The number of non-ortho nitro benzene ring substituents is 1. The first-order valence-electron chi connectivity index (χ1n) is 8.41. The van der Waals surface area contributed by atoms with E-state index in [-0.39, 0.29) is 11.6 Å². The largest absolute Gasteiger partial charge is 0.497 e. The number of nitro benzene ring substituents is 1. The van der Waals surface area contributed by atoms with E-state index in [1.54, 1.807) is 25.3 Å². The summed E-state index contributed by atoms with van der Waals surface area (Å²) >= 11 is 0. The maximum atomic E-state index is 12.0. The molecule has 0 aliphatic heterocycles. The SMILES string of the molecule is COc1ccc2c(CCNC(=O)C=Cc3cccc([N+](=O)[O-])c3)c[nH]c2c1. The Bertz CT molecular complexity index is 1010. The van der Waals surface area contributed by atoms with E-state index in [0.717, 1.165) is 22.2 Å². The van der Waals surface area contributed by atoms with Gasteiger partial charge in [0.2, 0.25) is 5.91 Å². The van der Waals surface area contributed by atoms with Crippen molar-refractivity contribution < 1.29 is 14.5 Å². The van der Waals surface area contributed by atoms with E-state index < -0.39 is 4.92 Å². The minimum atomic E-state index is -0.464. The van der Waals surface area contributed by atoms with Crippen LogP contribution < -0.4 is 10.1 Å². The monoisotopic (exact) mass is 365 g/mol. The summed E-state index contributed by atoms with van der Waals surface area (Å²) in [6, 6.07) is 11.9. The van der Waals surface area contributed by atoms with Gasteiger partial charge in [-0.2, -0.15) is 0 Å². The Morgan fingerprint density at radius 3 is 2.93 bits per heavy atom. The smallest absolute Gasteiger partial charge is 0.270 e. The van der Waals surface area contributed by atoms with Crippen LogP contribution in [0.1, 0.15) is 11.1 Å². The highest BCUT2D eigenvalue weighted by Gasteiger charge is 2.06. The molecule has 3 rings (SSSR count). The molecule has 0 atom stereocenters. The highest BCUT2D eigenvalue weighted by Crippen LogP contribution is 2.23. The number of nitro groups is 1. The van der Waals surface area contributed by atoms with E-state index in [2.05, 4.69) is 10.3 Å². The van der Waals surface area contributed by atoms with Crippen LogP contribution >= 0.6 is 0 Å². The van der Waals surface area contributed by atoms with Gasteiger partial charge in [-0.25, -0.2) is 0 Å². The maximum Gasteiger partial charge on any atom is 0.270 e. The number of nitrogens with zero attached hydrogens (tertiary/aromatic N) is 1. The van der Waals surface area contributed by atoms with Crippen molar-refractivity contribution in [3.63, 3.8) is 0 Å². The number of carbonyl (C=O) groups is 1. The van der Waals surface area contributed by atoms with Gasteiger partial charge >= 0.3 is 0 Å². The van der Waals surface area contributed by atoms with Crippen molar-refractivity contribution >= 4 is 28.6 Å². The number of nitrogens with one attached hydrogen (secondary N) is 2. The third-order valence-electron chi connectivity index (χ3n) is 4.18. The summed E-state index contributed by atoms with van der Waals surface area (Å²) in [6.45, 7) is 0.483. The molecule has 0 unspecified atom stereocenters. The van der Waals surface area contributed by atoms with E-state index in [1.165, 1.54) is 18.2 Å². The maximum absolute atomic E-state index is 12.0. The molecular formula is C20H19N3O4. The molecule has 27 heavy (non-hydrogen) atoms. The highest BCUT2D eigenvalue weighted by atomic mass is 16.6. The summed E-state index contributed by atoms with van der Waals surface area (Å²) in [4.78, 5) is 25.5. The fourth-order valence-electron chi connectivity index (χ4n) is 2.79. The molecule has 0 saturated carbocycles. The van der Waals surface area contributed by atoms with E-state index in [1.807, 2.05) is 24.4 Å². The molecule has 1 heterocycles. The topological polar surface area (TPSA) is 97.3 Å². The second-order valence-corrected chi connectivity index (χ2v) is 5.95. The van der Waals surface area contributed by atoms with Crippen LogP contribution in [0.2, 0.25) is 0 Å². The molecule has 0 aliphatic rings. The molecule has 0 radical (unpaired) electrons. The van der Waals surface area contributed by atoms with Crippen LogP contribution in [0.5, 0.6) is 5.75 Å². The fourth-order valence-corrected chi connectivity index (χ4v) is 2.79. The third-order valence-corrected chi connectivity index (χ3v) is 4.18. The van der Waals surface area contributed by atoms with Gasteiger partial charge in [0.05, 0.1) is 12.0 Å². The van der Waals surface area contributed by atoms with Gasteiger partial charge in [-0.15, -0.1) is 0 Å². The minimum Gasteiger partial charge on any atom is -0.497 e. The van der Waals surface area contributed by atoms with Gasteiger partial charge < -0.3 is 15.0 Å². The van der Waals surface area contributed by atoms with Gasteiger partial charge in [-0.05, 0) is 35.8 Å². The number of methoxy groups -OCH3 is 1. The second kappa shape index (κ2) is 8.18.